The molecule has 0 aromatic heterocycles. The maximum Gasteiger partial charge on any atom is 0.414 e. The molecule has 0 bridgehead atoms. The summed E-state index contributed by atoms with van der Waals surface area (Å²) in [4.78, 5) is 27.2. The van der Waals surface area contributed by atoms with Gasteiger partial charge in [-0.1, -0.05) is 36.4 Å². The minimum Gasteiger partial charge on any atom is -0.442 e. The van der Waals surface area contributed by atoms with Crippen LogP contribution in [0.25, 0.3) is 11.1 Å². The molecule has 2 amide bonds. The van der Waals surface area contributed by atoms with E-state index >= 15 is 0 Å². The fourth-order valence-corrected chi connectivity index (χ4v) is 3.75. The first-order valence-electron chi connectivity index (χ1n) is 10.3. The number of carbonyl (C=O) groups excluding carboxylic acids is 2. The molecule has 0 radical (unpaired) electrons. The van der Waals surface area contributed by atoms with E-state index in [1.54, 1.807) is 4.90 Å². The van der Waals surface area contributed by atoms with Crippen LogP contribution in [0.15, 0.2) is 48.5 Å². The van der Waals surface area contributed by atoms with Crippen molar-refractivity contribution in [3.8, 4) is 11.1 Å². The van der Waals surface area contributed by atoms with Gasteiger partial charge in [-0.15, -0.1) is 0 Å². The summed E-state index contributed by atoms with van der Waals surface area (Å²) in [6, 6.07) is 16.5. The van der Waals surface area contributed by atoms with Gasteiger partial charge in [0.15, 0.2) is 0 Å². The number of rotatable bonds is 6. The number of morpholine rings is 1. The first kappa shape index (κ1) is 20.4. The highest BCUT2D eigenvalue weighted by Gasteiger charge is 2.32. The standard InChI is InChI=1S/C23H27N3O4/c1-17(27)24-14-22-16-26(23(28)30-22)21-8-6-20(7-9-21)19-4-2-18(3-5-19)15-25-10-12-29-13-11-25/h2-9,22H,10-16H2,1H3,(H,24,27)/t22-/m0/s1. The smallest absolute Gasteiger partial charge is 0.414 e. The van der Waals surface area contributed by atoms with E-state index in [4.69, 9.17) is 9.47 Å². The summed E-state index contributed by atoms with van der Waals surface area (Å²) < 4.78 is 10.7. The van der Waals surface area contributed by atoms with Gasteiger partial charge in [0, 0.05) is 32.2 Å². The van der Waals surface area contributed by atoms with Crippen LogP contribution in [-0.4, -0.2) is 62.4 Å². The number of amides is 2. The predicted octanol–water partition coefficient (Wildman–Crippen LogP) is 2.65. The Balaban J connectivity index is 1.37. The van der Waals surface area contributed by atoms with Gasteiger partial charge in [0.05, 0.1) is 26.3 Å². The molecular formula is C23H27N3O4. The van der Waals surface area contributed by atoms with E-state index in [-0.39, 0.29) is 18.1 Å². The van der Waals surface area contributed by atoms with E-state index in [1.807, 2.05) is 24.3 Å². The fourth-order valence-electron chi connectivity index (χ4n) is 3.75. The molecular weight excluding hydrogens is 382 g/mol. The highest BCUT2D eigenvalue weighted by atomic mass is 16.6. The quantitative estimate of drug-likeness (QED) is 0.794. The van der Waals surface area contributed by atoms with Gasteiger partial charge >= 0.3 is 6.09 Å². The zero-order valence-corrected chi connectivity index (χ0v) is 17.2. The number of ether oxygens (including phenoxy) is 2. The number of cyclic esters (lactones) is 1. The highest BCUT2D eigenvalue weighted by Crippen LogP contribution is 2.26. The number of hydrogen-bond donors (Lipinski definition) is 1. The van der Waals surface area contributed by atoms with Crippen molar-refractivity contribution < 1.29 is 19.1 Å². The van der Waals surface area contributed by atoms with Crippen LogP contribution in [0.4, 0.5) is 10.5 Å². The molecule has 2 aliphatic rings. The van der Waals surface area contributed by atoms with Crippen LogP contribution >= 0.6 is 0 Å². The SMILES string of the molecule is CC(=O)NC[C@H]1CN(c2ccc(-c3ccc(CN4CCOCC4)cc3)cc2)C(=O)O1. The molecule has 0 saturated carbocycles. The molecule has 1 N–H and O–H groups in total. The Hall–Kier alpha value is -2.90. The van der Waals surface area contributed by atoms with E-state index in [2.05, 4.69) is 34.5 Å². The first-order valence-corrected chi connectivity index (χ1v) is 10.3. The summed E-state index contributed by atoms with van der Waals surface area (Å²) in [6.07, 6.45) is -0.717. The van der Waals surface area contributed by atoms with Crippen LogP contribution in [0.2, 0.25) is 0 Å². The minimum absolute atomic E-state index is 0.134. The lowest BCUT2D eigenvalue weighted by Gasteiger charge is -2.26. The maximum atomic E-state index is 12.2. The van der Waals surface area contributed by atoms with E-state index in [9.17, 15) is 9.59 Å². The van der Waals surface area contributed by atoms with Crippen LogP contribution in [0, 0.1) is 0 Å². The van der Waals surface area contributed by atoms with E-state index in [1.165, 1.54) is 12.5 Å². The normalized spacial score (nSPS) is 19.6. The van der Waals surface area contributed by atoms with E-state index < -0.39 is 0 Å². The summed E-state index contributed by atoms with van der Waals surface area (Å²) in [5.74, 6) is -0.134. The number of carbonyl (C=O) groups is 2. The second kappa shape index (κ2) is 9.28. The number of hydrogen-bond acceptors (Lipinski definition) is 5. The Kier molecular flexibility index (Phi) is 6.30. The lowest BCUT2D eigenvalue weighted by molar-refractivity contribution is -0.119. The largest absolute Gasteiger partial charge is 0.442 e. The van der Waals surface area contributed by atoms with Crippen molar-refractivity contribution in [2.75, 3.05) is 44.3 Å². The molecule has 2 aromatic carbocycles. The Morgan fingerprint density at radius 2 is 1.67 bits per heavy atom. The lowest BCUT2D eigenvalue weighted by Crippen LogP contribution is -2.35. The molecule has 0 unspecified atom stereocenters. The van der Waals surface area contributed by atoms with Crippen LogP contribution in [-0.2, 0) is 20.8 Å². The molecule has 1 atom stereocenters. The van der Waals surface area contributed by atoms with Gasteiger partial charge in [-0.2, -0.15) is 0 Å². The van der Waals surface area contributed by atoms with E-state index in [0.29, 0.717) is 13.1 Å². The van der Waals surface area contributed by atoms with Crippen LogP contribution in [0.5, 0.6) is 0 Å². The van der Waals surface area contributed by atoms with Crippen molar-refractivity contribution in [2.24, 2.45) is 0 Å². The summed E-state index contributed by atoms with van der Waals surface area (Å²) >= 11 is 0. The molecule has 158 valence electrons. The number of nitrogens with zero attached hydrogens (tertiary/aromatic N) is 2. The van der Waals surface area contributed by atoms with Crippen LogP contribution in [0.3, 0.4) is 0 Å². The zero-order chi connectivity index (χ0) is 20.9. The van der Waals surface area contributed by atoms with Gasteiger partial charge in [0.25, 0.3) is 0 Å². The van der Waals surface area contributed by atoms with Gasteiger partial charge in [-0.05, 0) is 28.8 Å². The molecule has 2 saturated heterocycles. The Morgan fingerprint density at radius 1 is 1.03 bits per heavy atom. The summed E-state index contributed by atoms with van der Waals surface area (Å²) in [7, 11) is 0. The van der Waals surface area contributed by atoms with Gasteiger partial charge in [0.2, 0.25) is 5.91 Å². The summed E-state index contributed by atoms with van der Waals surface area (Å²) in [5.41, 5.74) is 4.32. The van der Waals surface area contributed by atoms with Crippen molar-refractivity contribution in [2.45, 2.75) is 19.6 Å². The van der Waals surface area contributed by atoms with E-state index in [0.717, 1.165) is 49.7 Å². The van der Waals surface area contributed by atoms with Crippen molar-refractivity contribution in [1.29, 1.82) is 0 Å². The molecule has 2 fully saturated rings. The third-order valence-corrected chi connectivity index (χ3v) is 5.43. The number of anilines is 1. The molecule has 7 heteroatoms. The molecule has 4 rings (SSSR count). The summed E-state index contributed by atoms with van der Waals surface area (Å²) in [6.45, 7) is 6.72. The average molecular weight is 409 g/mol. The van der Waals surface area contributed by atoms with Crippen molar-refractivity contribution in [3.63, 3.8) is 0 Å². The first-order chi connectivity index (χ1) is 14.6. The summed E-state index contributed by atoms with van der Waals surface area (Å²) in [5, 5.41) is 2.69. The minimum atomic E-state index is -0.384. The van der Waals surface area contributed by atoms with Gasteiger partial charge in [-0.25, -0.2) is 4.79 Å². The van der Waals surface area contributed by atoms with Gasteiger partial charge in [-0.3, -0.25) is 14.6 Å². The molecule has 0 aliphatic carbocycles. The van der Waals surface area contributed by atoms with Crippen LogP contribution < -0.4 is 10.2 Å². The third-order valence-electron chi connectivity index (χ3n) is 5.43. The second-order valence-corrected chi connectivity index (χ2v) is 7.69. The van der Waals surface area contributed by atoms with Crippen molar-refractivity contribution in [3.05, 3.63) is 54.1 Å². The van der Waals surface area contributed by atoms with Crippen LogP contribution in [0.1, 0.15) is 12.5 Å². The Labute approximate surface area is 176 Å². The maximum absolute atomic E-state index is 12.2. The average Bonchev–Trinajstić information content (AvgIpc) is 3.14. The molecule has 7 nitrogen and oxygen atoms in total. The molecule has 2 aliphatic heterocycles. The Morgan fingerprint density at radius 3 is 2.30 bits per heavy atom. The Bertz CT molecular complexity index is 876. The van der Waals surface area contributed by atoms with Gasteiger partial charge < -0.3 is 14.8 Å². The third kappa shape index (κ3) is 4.98. The topological polar surface area (TPSA) is 71.1 Å². The molecule has 30 heavy (non-hydrogen) atoms. The monoisotopic (exact) mass is 409 g/mol. The molecule has 2 aromatic rings. The second-order valence-electron chi connectivity index (χ2n) is 7.69. The number of nitrogens with one attached hydrogen (secondary N) is 1. The van der Waals surface area contributed by atoms with Crippen molar-refractivity contribution in [1.82, 2.24) is 10.2 Å². The highest BCUT2D eigenvalue weighted by molar-refractivity contribution is 5.90. The van der Waals surface area contributed by atoms with Crippen molar-refractivity contribution >= 4 is 17.7 Å². The van der Waals surface area contributed by atoms with Gasteiger partial charge in [0.1, 0.15) is 6.10 Å². The fraction of sp³-hybridized carbons (Fsp3) is 0.391. The lowest BCUT2D eigenvalue weighted by atomic mass is 10.0. The molecule has 2 heterocycles. The number of benzene rings is 2. The zero-order valence-electron chi connectivity index (χ0n) is 17.2. The molecule has 0 spiro atoms. The predicted molar refractivity (Wildman–Crippen MR) is 114 cm³/mol.